The topological polar surface area (TPSA) is 67.9 Å². The second-order valence-corrected chi connectivity index (χ2v) is 7.43. The van der Waals surface area contributed by atoms with E-state index < -0.39 is 0 Å². The number of aromatic nitrogens is 3. The first-order valence-corrected chi connectivity index (χ1v) is 10.4. The molecule has 0 amide bonds. The molecule has 1 aromatic carbocycles. The Morgan fingerprint density at radius 3 is 2.50 bits per heavy atom. The van der Waals surface area contributed by atoms with Crippen LogP contribution in [0.15, 0.2) is 53.5 Å². The van der Waals surface area contributed by atoms with Gasteiger partial charge in [-0.15, -0.1) is 0 Å². The third-order valence-corrected chi connectivity index (χ3v) is 5.71. The van der Waals surface area contributed by atoms with Crippen LogP contribution < -0.4 is 10.6 Å². The SMILES string of the molecule is CCN(CC)c1ccc(-c2cc(Cc3ccsc3)c3c(N)ncnc3n2)cc1. The Morgan fingerprint density at radius 2 is 1.82 bits per heavy atom. The second-order valence-electron chi connectivity index (χ2n) is 6.65. The fraction of sp³-hybridized carbons (Fsp3) is 0.227. The Labute approximate surface area is 168 Å². The van der Waals surface area contributed by atoms with Crippen LogP contribution in [0.5, 0.6) is 0 Å². The zero-order valence-corrected chi connectivity index (χ0v) is 16.9. The van der Waals surface area contributed by atoms with Gasteiger partial charge in [-0.3, -0.25) is 0 Å². The van der Waals surface area contributed by atoms with Crippen molar-refractivity contribution in [3.05, 3.63) is 64.6 Å². The lowest BCUT2D eigenvalue weighted by Crippen LogP contribution is -2.21. The minimum atomic E-state index is 0.478. The summed E-state index contributed by atoms with van der Waals surface area (Å²) in [6, 6.07) is 12.8. The Morgan fingerprint density at radius 1 is 1.04 bits per heavy atom. The lowest BCUT2D eigenvalue weighted by molar-refractivity contribution is 0.866. The van der Waals surface area contributed by atoms with Crippen molar-refractivity contribution in [2.75, 3.05) is 23.7 Å². The number of pyridine rings is 1. The summed E-state index contributed by atoms with van der Waals surface area (Å²) in [5.74, 6) is 0.478. The fourth-order valence-electron chi connectivity index (χ4n) is 3.50. The largest absolute Gasteiger partial charge is 0.383 e. The first kappa shape index (κ1) is 18.4. The summed E-state index contributed by atoms with van der Waals surface area (Å²) < 4.78 is 0. The van der Waals surface area contributed by atoms with Crippen molar-refractivity contribution in [1.82, 2.24) is 15.0 Å². The predicted octanol–water partition coefficient (Wildman–Crippen LogP) is 4.77. The second kappa shape index (κ2) is 7.94. The molecular formula is C22H23N5S. The zero-order valence-electron chi connectivity index (χ0n) is 16.1. The number of thiophene rings is 1. The van der Waals surface area contributed by atoms with Crippen LogP contribution in [0.3, 0.4) is 0 Å². The monoisotopic (exact) mass is 389 g/mol. The molecule has 4 aromatic rings. The third kappa shape index (κ3) is 3.55. The quantitative estimate of drug-likeness (QED) is 0.514. The molecule has 142 valence electrons. The molecule has 0 radical (unpaired) electrons. The summed E-state index contributed by atoms with van der Waals surface area (Å²) in [6.45, 7) is 6.32. The first-order chi connectivity index (χ1) is 13.7. The van der Waals surface area contributed by atoms with Crippen molar-refractivity contribution in [2.24, 2.45) is 0 Å². The van der Waals surface area contributed by atoms with Crippen LogP contribution in [0.1, 0.15) is 25.0 Å². The van der Waals surface area contributed by atoms with Crippen molar-refractivity contribution in [1.29, 1.82) is 0 Å². The number of hydrogen-bond acceptors (Lipinski definition) is 6. The van der Waals surface area contributed by atoms with E-state index in [0.717, 1.165) is 41.7 Å². The standard InChI is InChI=1S/C22H23N5S/c1-3-27(4-2)18-7-5-16(6-8-18)19-12-17(11-15-9-10-28-13-15)20-21(23)24-14-25-22(20)26-19/h5-10,12-14H,3-4,11H2,1-2H3,(H2,23,24,25,26). The van der Waals surface area contributed by atoms with E-state index in [2.05, 4.69) is 75.9 Å². The van der Waals surface area contributed by atoms with E-state index in [-0.39, 0.29) is 0 Å². The molecule has 4 rings (SSSR count). The van der Waals surface area contributed by atoms with E-state index in [1.807, 2.05) is 0 Å². The molecule has 2 N–H and O–H groups in total. The van der Waals surface area contributed by atoms with Crippen LogP contribution in [0, 0.1) is 0 Å². The molecule has 6 heteroatoms. The van der Waals surface area contributed by atoms with Crippen molar-refractivity contribution < 1.29 is 0 Å². The van der Waals surface area contributed by atoms with Gasteiger partial charge in [0.2, 0.25) is 0 Å². The highest BCUT2D eigenvalue weighted by molar-refractivity contribution is 7.07. The third-order valence-electron chi connectivity index (χ3n) is 4.98. The molecule has 0 atom stereocenters. The summed E-state index contributed by atoms with van der Waals surface area (Å²) in [4.78, 5) is 15.7. The van der Waals surface area contributed by atoms with E-state index in [1.165, 1.54) is 17.6 Å². The van der Waals surface area contributed by atoms with Crippen LogP contribution in [0.4, 0.5) is 11.5 Å². The van der Waals surface area contributed by atoms with Gasteiger partial charge in [0, 0.05) is 24.3 Å². The number of benzene rings is 1. The average Bonchev–Trinajstić information content (AvgIpc) is 3.22. The van der Waals surface area contributed by atoms with Gasteiger partial charge in [-0.25, -0.2) is 15.0 Å². The lowest BCUT2D eigenvalue weighted by atomic mass is 10.0. The molecular weight excluding hydrogens is 366 g/mol. The summed E-state index contributed by atoms with van der Waals surface area (Å²) in [6.07, 6.45) is 2.26. The van der Waals surface area contributed by atoms with Gasteiger partial charge in [-0.2, -0.15) is 11.3 Å². The molecule has 0 saturated carbocycles. The highest BCUT2D eigenvalue weighted by atomic mass is 32.1. The van der Waals surface area contributed by atoms with E-state index in [0.29, 0.717) is 11.5 Å². The highest BCUT2D eigenvalue weighted by Gasteiger charge is 2.13. The highest BCUT2D eigenvalue weighted by Crippen LogP contribution is 2.29. The number of fused-ring (bicyclic) bond motifs is 1. The number of hydrogen-bond donors (Lipinski definition) is 1. The molecule has 5 nitrogen and oxygen atoms in total. The number of nitrogens with zero attached hydrogens (tertiary/aromatic N) is 4. The van der Waals surface area contributed by atoms with Crippen molar-refractivity contribution in [3.63, 3.8) is 0 Å². The molecule has 0 saturated heterocycles. The van der Waals surface area contributed by atoms with E-state index >= 15 is 0 Å². The molecule has 0 fully saturated rings. The van der Waals surface area contributed by atoms with Crippen molar-refractivity contribution >= 4 is 33.9 Å². The van der Waals surface area contributed by atoms with Gasteiger partial charge in [0.1, 0.15) is 12.1 Å². The average molecular weight is 390 g/mol. The van der Waals surface area contributed by atoms with Crippen molar-refractivity contribution in [2.45, 2.75) is 20.3 Å². The Bertz CT molecular complexity index is 1070. The van der Waals surface area contributed by atoms with E-state index in [1.54, 1.807) is 11.3 Å². The molecule has 0 bridgehead atoms. The molecule has 28 heavy (non-hydrogen) atoms. The van der Waals surface area contributed by atoms with Crippen LogP contribution in [-0.4, -0.2) is 28.0 Å². The first-order valence-electron chi connectivity index (χ1n) is 9.46. The lowest BCUT2D eigenvalue weighted by Gasteiger charge is -2.21. The minimum Gasteiger partial charge on any atom is -0.383 e. The van der Waals surface area contributed by atoms with Gasteiger partial charge in [-0.05, 0) is 66.4 Å². The normalized spacial score (nSPS) is 11.1. The van der Waals surface area contributed by atoms with Crippen LogP contribution in [0.25, 0.3) is 22.3 Å². The van der Waals surface area contributed by atoms with Gasteiger partial charge in [0.25, 0.3) is 0 Å². The molecule has 0 unspecified atom stereocenters. The van der Waals surface area contributed by atoms with Crippen molar-refractivity contribution in [3.8, 4) is 11.3 Å². The predicted molar refractivity (Wildman–Crippen MR) is 118 cm³/mol. The van der Waals surface area contributed by atoms with Crippen LogP contribution in [0.2, 0.25) is 0 Å². The maximum Gasteiger partial charge on any atom is 0.165 e. The molecule has 0 aliphatic rings. The van der Waals surface area contributed by atoms with Crippen LogP contribution in [-0.2, 0) is 6.42 Å². The van der Waals surface area contributed by atoms with Gasteiger partial charge < -0.3 is 10.6 Å². The maximum atomic E-state index is 6.16. The van der Waals surface area contributed by atoms with Crippen LogP contribution >= 0.6 is 11.3 Å². The Balaban J connectivity index is 1.79. The maximum absolute atomic E-state index is 6.16. The molecule has 0 aliphatic heterocycles. The van der Waals surface area contributed by atoms with Gasteiger partial charge in [0.15, 0.2) is 5.65 Å². The van der Waals surface area contributed by atoms with E-state index in [4.69, 9.17) is 10.7 Å². The summed E-state index contributed by atoms with van der Waals surface area (Å²) in [7, 11) is 0. The Kier molecular flexibility index (Phi) is 5.21. The summed E-state index contributed by atoms with van der Waals surface area (Å²) >= 11 is 1.69. The molecule has 3 aromatic heterocycles. The number of nitrogens with two attached hydrogens (primary N) is 1. The Hall–Kier alpha value is -2.99. The smallest absolute Gasteiger partial charge is 0.165 e. The number of anilines is 2. The van der Waals surface area contributed by atoms with Gasteiger partial charge in [-0.1, -0.05) is 12.1 Å². The summed E-state index contributed by atoms with van der Waals surface area (Å²) in [5, 5.41) is 5.09. The van der Waals surface area contributed by atoms with Gasteiger partial charge >= 0.3 is 0 Å². The summed E-state index contributed by atoms with van der Waals surface area (Å²) in [5.41, 5.74) is 12.4. The number of nitrogen functional groups attached to an aromatic ring is 1. The molecule has 3 heterocycles. The molecule has 0 spiro atoms. The molecule has 0 aliphatic carbocycles. The minimum absolute atomic E-state index is 0.478. The zero-order chi connectivity index (χ0) is 19.5. The van der Waals surface area contributed by atoms with E-state index in [9.17, 15) is 0 Å². The fourth-order valence-corrected chi connectivity index (χ4v) is 4.17. The number of rotatable bonds is 6. The van der Waals surface area contributed by atoms with Gasteiger partial charge in [0.05, 0.1) is 11.1 Å².